The van der Waals surface area contributed by atoms with E-state index >= 15 is 0 Å². The molecule has 0 saturated heterocycles. The number of rotatable bonds is 3. The molecule has 19 heavy (non-hydrogen) atoms. The first-order valence-electron chi connectivity index (χ1n) is 5.74. The molecule has 0 radical (unpaired) electrons. The molecule has 1 N–H and O–H groups in total. The number of hydrogen-bond acceptors (Lipinski definition) is 3. The third-order valence-corrected chi connectivity index (χ3v) is 3.97. The minimum Gasteiger partial charge on any atom is -0.378 e. The van der Waals surface area contributed by atoms with Gasteiger partial charge in [0.05, 0.1) is 20.9 Å². The second-order valence-electron chi connectivity index (χ2n) is 4.07. The smallest absolute Gasteiger partial charge is 0.128 e. The summed E-state index contributed by atoms with van der Waals surface area (Å²) in [6.07, 6.45) is 0. The van der Waals surface area contributed by atoms with Crippen LogP contribution in [0.2, 0.25) is 5.02 Å². The van der Waals surface area contributed by atoms with Gasteiger partial charge in [0, 0.05) is 12.1 Å². The van der Waals surface area contributed by atoms with Gasteiger partial charge in [-0.05, 0) is 18.2 Å². The zero-order valence-electron chi connectivity index (χ0n) is 9.86. The fourth-order valence-electron chi connectivity index (χ4n) is 1.90. The van der Waals surface area contributed by atoms with Crippen molar-refractivity contribution in [3.63, 3.8) is 0 Å². The predicted molar refractivity (Wildman–Crippen MR) is 78.4 cm³/mol. The van der Waals surface area contributed by atoms with E-state index in [0.29, 0.717) is 17.1 Å². The fourth-order valence-corrected chi connectivity index (χ4v) is 2.80. The van der Waals surface area contributed by atoms with Crippen molar-refractivity contribution in [2.75, 3.05) is 5.32 Å². The summed E-state index contributed by atoms with van der Waals surface area (Å²) in [5.41, 5.74) is 3.96. The van der Waals surface area contributed by atoms with Crippen LogP contribution in [0.3, 0.4) is 0 Å². The molecule has 0 aliphatic carbocycles. The summed E-state index contributed by atoms with van der Waals surface area (Å²) in [6, 6.07) is 10.4. The van der Waals surface area contributed by atoms with Crippen LogP contribution in [0.4, 0.5) is 10.1 Å². The monoisotopic (exact) mass is 292 g/mol. The van der Waals surface area contributed by atoms with Gasteiger partial charge < -0.3 is 5.32 Å². The summed E-state index contributed by atoms with van der Waals surface area (Å²) in [5, 5.41) is 3.76. The maximum Gasteiger partial charge on any atom is 0.128 e. The summed E-state index contributed by atoms with van der Waals surface area (Å²) < 4.78 is 14.6. The van der Waals surface area contributed by atoms with Crippen LogP contribution in [0.5, 0.6) is 0 Å². The van der Waals surface area contributed by atoms with Crippen LogP contribution in [0.25, 0.3) is 10.2 Å². The van der Waals surface area contributed by atoms with Gasteiger partial charge in [0.2, 0.25) is 0 Å². The molecule has 0 atom stereocenters. The van der Waals surface area contributed by atoms with E-state index in [1.165, 1.54) is 6.07 Å². The highest BCUT2D eigenvalue weighted by Crippen LogP contribution is 2.32. The Balaban J connectivity index is 1.92. The Morgan fingerprint density at radius 3 is 2.89 bits per heavy atom. The number of fused-ring (bicyclic) bond motifs is 1. The maximum atomic E-state index is 13.6. The molecule has 5 heteroatoms. The van der Waals surface area contributed by atoms with Gasteiger partial charge in [-0.1, -0.05) is 29.8 Å². The van der Waals surface area contributed by atoms with Crippen molar-refractivity contribution in [3.8, 4) is 0 Å². The molecular formula is C14H10ClFN2S. The second kappa shape index (κ2) is 5.15. The van der Waals surface area contributed by atoms with E-state index in [2.05, 4.69) is 10.3 Å². The molecule has 0 saturated carbocycles. The standard InChI is InChI=1S/C14H10ClFN2S/c15-10-5-6-12-14(18-8-19-12)13(10)17-7-9-3-1-2-4-11(9)16/h1-6,8,17H,7H2. The fraction of sp³-hybridized carbons (Fsp3) is 0.0714. The molecule has 0 bridgehead atoms. The third kappa shape index (κ3) is 2.41. The highest BCUT2D eigenvalue weighted by Gasteiger charge is 2.09. The molecular weight excluding hydrogens is 283 g/mol. The SMILES string of the molecule is Fc1ccccc1CNc1c(Cl)ccc2scnc12. The van der Waals surface area contributed by atoms with Crippen molar-refractivity contribution < 1.29 is 4.39 Å². The quantitative estimate of drug-likeness (QED) is 0.757. The number of hydrogen-bond donors (Lipinski definition) is 1. The lowest BCUT2D eigenvalue weighted by Crippen LogP contribution is -2.02. The molecule has 96 valence electrons. The summed E-state index contributed by atoms with van der Waals surface area (Å²) >= 11 is 7.73. The molecule has 0 fully saturated rings. The highest BCUT2D eigenvalue weighted by molar-refractivity contribution is 7.16. The number of nitrogens with zero attached hydrogens (tertiary/aromatic N) is 1. The summed E-state index contributed by atoms with van der Waals surface area (Å²) in [5.74, 6) is -0.225. The molecule has 0 aliphatic heterocycles. The number of benzene rings is 2. The Hall–Kier alpha value is -1.65. The minimum atomic E-state index is -0.225. The van der Waals surface area contributed by atoms with Crippen molar-refractivity contribution in [1.29, 1.82) is 0 Å². The lowest BCUT2D eigenvalue weighted by Gasteiger charge is -2.09. The molecule has 0 unspecified atom stereocenters. The van der Waals surface area contributed by atoms with E-state index in [9.17, 15) is 4.39 Å². The molecule has 1 aromatic heterocycles. The summed E-state index contributed by atoms with van der Waals surface area (Å²) in [4.78, 5) is 4.29. The number of halogens is 2. The van der Waals surface area contributed by atoms with Gasteiger partial charge in [0.15, 0.2) is 0 Å². The summed E-state index contributed by atoms with van der Waals surface area (Å²) in [7, 11) is 0. The maximum absolute atomic E-state index is 13.6. The van der Waals surface area contributed by atoms with Crippen LogP contribution < -0.4 is 5.32 Å². The summed E-state index contributed by atoms with van der Waals surface area (Å²) in [6.45, 7) is 0.378. The van der Waals surface area contributed by atoms with Crippen LogP contribution in [-0.2, 0) is 6.54 Å². The molecule has 3 aromatic rings. The zero-order valence-corrected chi connectivity index (χ0v) is 11.4. The van der Waals surface area contributed by atoms with Crippen LogP contribution >= 0.6 is 22.9 Å². The van der Waals surface area contributed by atoms with Crippen LogP contribution in [0.15, 0.2) is 41.9 Å². The molecule has 0 aliphatic rings. The van der Waals surface area contributed by atoms with E-state index in [-0.39, 0.29) is 5.82 Å². The van der Waals surface area contributed by atoms with E-state index in [1.807, 2.05) is 18.2 Å². The van der Waals surface area contributed by atoms with Gasteiger partial charge in [0.1, 0.15) is 11.3 Å². The largest absolute Gasteiger partial charge is 0.378 e. The predicted octanol–water partition coefficient (Wildman–Crippen LogP) is 4.70. The zero-order chi connectivity index (χ0) is 13.2. The third-order valence-electron chi connectivity index (χ3n) is 2.86. The van der Waals surface area contributed by atoms with E-state index in [0.717, 1.165) is 15.9 Å². The van der Waals surface area contributed by atoms with Crippen molar-refractivity contribution in [3.05, 3.63) is 58.3 Å². The van der Waals surface area contributed by atoms with Gasteiger partial charge >= 0.3 is 0 Å². The van der Waals surface area contributed by atoms with E-state index in [4.69, 9.17) is 11.6 Å². The lowest BCUT2D eigenvalue weighted by atomic mass is 10.2. The van der Waals surface area contributed by atoms with Crippen LogP contribution in [0, 0.1) is 5.82 Å². The van der Waals surface area contributed by atoms with Crippen LogP contribution in [0.1, 0.15) is 5.56 Å². The topological polar surface area (TPSA) is 24.9 Å². The normalized spacial score (nSPS) is 10.8. The lowest BCUT2D eigenvalue weighted by molar-refractivity contribution is 0.613. The van der Waals surface area contributed by atoms with Gasteiger partial charge in [-0.2, -0.15) is 0 Å². The van der Waals surface area contributed by atoms with Crippen LogP contribution in [-0.4, -0.2) is 4.98 Å². The first-order chi connectivity index (χ1) is 9.25. The number of nitrogens with one attached hydrogen (secondary N) is 1. The minimum absolute atomic E-state index is 0.225. The average Bonchev–Trinajstić information content (AvgIpc) is 2.88. The average molecular weight is 293 g/mol. The van der Waals surface area contributed by atoms with Gasteiger partial charge in [-0.15, -0.1) is 11.3 Å². The molecule has 2 aromatic carbocycles. The Labute approximate surface area is 118 Å². The number of thiazole rings is 1. The van der Waals surface area contributed by atoms with Gasteiger partial charge in [0.25, 0.3) is 0 Å². The van der Waals surface area contributed by atoms with Gasteiger partial charge in [-0.25, -0.2) is 9.37 Å². The first-order valence-corrected chi connectivity index (χ1v) is 7.00. The molecule has 0 spiro atoms. The second-order valence-corrected chi connectivity index (χ2v) is 5.36. The highest BCUT2D eigenvalue weighted by atomic mass is 35.5. The van der Waals surface area contributed by atoms with Crippen molar-refractivity contribution in [2.24, 2.45) is 0 Å². The first kappa shape index (κ1) is 12.4. The number of aromatic nitrogens is 1. The molecule has 0 amide bonds. The Morgan fingerprint density at radius 2 is 2.05 bits per heavy atom. The van der Waals surface area contributed by atoms with Gasteiger partial charge in [-0.3, -0.25) is 0 Å². The molecule has 2 nitrogen and oxygen atoms in total. The Morgan fingerprint density at radius 1 is 1.21 bits per heavy atom. The van der Waals surface area contributed by atoms with Crippen molar-refractivity contribution in [1.82, 2.24) is 4.98 Å². The molecule has 1 heterocycles. The number of anilines is 1. The van der Waals surface area contributed by atoms with Crippen molar-refractivity contribution >= 4 is 38.8 Å². The van der Waals surface area contributed by atoms with E-state index in [1.54, 1.807) is 29.0 Å². The van der Waals surface area contributed by atoms with E-state index < -0.39 is 0 Å². The Bertz CT molecular complexity index is 726. The van der Waals surface area contributed by atoms with Crippen molar-refractivity contribution in [2.45, 2.75) is 6.54 Å². The molecule has 3 rings (SSSR count). The Kier molecular flexibility index (Phi) is 3.36.